The van der Waals surface area contributed by atoms with Gasteiger partial charge in [-0.2, -0.15) is 13.2 Å². The van der Waals surface area contributed by atoms with Crippen LogP contribution in [0.15, 0.2) is 60.7 Å². The Bertz CT molecular complexity index is 1260. The molecule has 8 heteroatoms. The van der Waals surface area contributed by atoms with E-state index in [0.29, 0.717) is 35.4 Å². The van der Waals surface area contributed by atoms with Crippen LogP contribution in [-0.2, 0) is 17.5 Å². The van der Waals surface area contributed by atoms with Gasteiger partial charge < -0.3 is 9.47 Å². The molecule has 1 aromatic heterocycles. The summed E-state index contributed by atoms with van der Waals surface area (Å²) in [5.74, 6) is -0.290. The predicted molar refractivity (Wildman–Crippen MR) is 128 cm³/mol. The summed E-state index contributed by atoms with van der Waals surface area (Å²) in [6, 6.07) is 16.1. The Morgan fingerprint density at radius 2 is 1.77 bits per heavy atom. The molecule has 0 bridgehead atoms. The second kappa shape index (κ2) is 10.5. The minimum atomic E-state index is -4.50. The lowest BCUT2D eigenvalue weighted by Crippen LogP contribution is -2.09. The predicted octanol–water partition coefficient (Wildman–Crippen LogP) is 7.60. The number of hydrogen-bond donors (Lipinski definition) is 0. The van der Waals surface area contributed by atoms with Gasteiger partial charge in [0.2, 0.25) is 0 Å². The molecule has 0 unspecified atom stereocenters. The fourth-order valence-electron chi connectivity index (χ4n) is 4.08. The van der Waals surface area contributed by atoms with Crippen molar-refractivity contribution in [3.05, 3.63) is 93.8 Å². The number of ether oxygens (including phenoxy) is 2. The summed E-state index contributed by atoms with van der Waals surface area (Å²) in [6.45, 7) is 2.06. The normalized spacial score (nSPS) is 13.7. The topological polar surface area (TPSA) is 48.4 Å². The van der Waals surface area contributed by atoms with Crippen LogP contribution in [-0.4, -0.2) is 17.6 Å². The van der Waals surface area contributed by atoms with Crippen LogP contribution in [0.4, 0.5) is 13.2 Å². The first-order valence-electron chi connectivity index (χ1n) is 11.2. The van der Waals surface area contributed by atoms with Crippen molar-refractivity contribution in [2.75, 3.05) is 6.61 Å². The molecule has 1 aliphatic carbocycles. The molecule has 0 aliphatic heterocycles. The summed E-state index contributed by atoms with van der Waals surface area (Å²) in [7, 11) is 0. The molecule has 35 heavy (non-hydrogen) atoms. The number of carbonyl (C=O) groups excluding carboxylic acids is 1. The second-order valence-corrected chi connectivity index (χ2v) is 8.45. The molecule has 0 saturated carbocycles. The largest absolute Gasteiger partial charge is 0.488 e. The summed E-state index contributed by atoms with van der Waals surface area (Å²) in [5.41, 5.74) is 2.45. The van der Waals surface area contributed by atoms with Gasteiger partial charge in [0.25, 0.3) is 0 Å². The fraction of sp³-hybridized carbons (Fsp3) is 0.259. The fourth-order valence-corrected chi connectivity index (χ4v) is 4.26. The lowest BCUT2D eigenvalue weighted by Gasteiger charge is -2.17. The van der Waals surface area contributed by atoms with Gasteiger partial charge >= 0.3 is 12.1 Å². The Labute approximate surface area is 206 Å². The zero-order valence-corrected chi connectivity index (χ0v) is 19.7. The maximum absolute atomic E-state index is 13.6. The quantitative estimate of drug-likeness (QED) is 0.313. The van der Waals surface area contributed by atoms with Crippen molar-refractivity contribution < 1.29 is 27.4 Å². The number of pyridine rings is 1. The number of esters is 1. The molecule has 4 rings (SSSR count). The van der Waals surface area contributed by atoms with Crippen molar-refractivity contribution in [2.45, 2.75) is 39.0 Å². The highest BCUT2D eigenvalue weighted by atomic mass is 35.5. The van der Waals surface area contributed by atoms with E-state index in [1.807, 2.05) is 30.3 Å². The van der Waals surface area contributed by atoms with Gasteiger partial charge in [-0.05, 0) is 73.2 Å². The molecular weight excluding hydrogens is 479 g/mol. The van der Waals surface area contributed by atoms with Gasteiger partial charge in [0, 0.05) is 5.56 Å². The number of nitrogens with zero attached hydrogens (tertiary/aromatic N) is 1. The summed E-state index contributed by atoms with van der Waals surface area (Å²) >= 11 is 6.16. The van der Waals surface area contributed by atoms with Crippen LogP contribution in [0.3, 0.4) is 0 Å². The number of carbonyl (C=O) groups is 1. The summed E-state index contributed by atoms with van der Waals surface area (Å²) in [4.78, 5) is 16.7. The highest BCUT2D eigenvalue weighted by Crippen LogP contribution is 2.44. The molecule has 2 aromatic carbocycles. The van der Waals surface area contributed by atoms with E-state index in [1.165, 1.54) is 6.07 Å². The second-order valence-electron chi connectivity index (χ2n) is 8.04. The average molecular weight is 502 g/mol. The SMILES string of the molecule is CCOC(=O)c1nc(C2=C(c3cc(C(F)(F)F)ccc3OCc3ccccc3)CCC2)ccc1Cl. The van der Waals surface area contributed by atoms with Crippen LogP contribution >= 0.6 is 11.6 Å². The number of halogens is 4. The van der Waals surface area contributed by atoms with Gasteiger partial charge in [-0.15, -0.1) is 0 Å². The van der Waals surface area contributed by atoms with E-state index in [9.17, 15) is 18.0 Å². The number of hydrogen-bond acceptors (Lipinski definition) is 4. The molecule has 1 aliphatic rings. The van der Waals surface area contributed by atoms with Crippen molar-refractivity contribution in [1.82, 2.24) is 4.98 Å². The number of alkyl halides is 3. The summed E-state index contributed by atoms with van der Waals surface area (Å²) in [6.07, 6.45) is -2.61. The van der Waals surface area contributed by atoms with Crippen LogP contribution in [0, 0.1) is 0 Å². The minimum absolute atomic E-state index is 0.0191. The van der Waals surface area contributed by atoms with Crippen LogP contribution in [0.25, 0.3) is 11.1 Å². The zero-order valence-electron chi connectivity index (χ0n) is 19.0. The highest BCUT2D eigenvalue weighted by Gasteiger charge is 2.32. The first kappa shape index (κ1) is 24.8. The summed E-state index contributed by atoms with van der Waals surface area (Å²) < 4.78 is 51.8. The third kappa shape index (κ3) is 5.68. The van der Waals surface area contributed by atoms with E-state index in [0.717, 1.165) is 29.7 Å². The van der Waals surface area contributed by atoms with Crippen molar-refractivity contribution >= 4 is 28.7 Å². The molecule has 0 atom stereocenters. The number of rotatable bonds is 7. The maximum atomic E-state index is 13.6. The monoisotopic (exact) mass is 501 g/mol. The highest BCUT2D eigenvalue weighted by molar-refractivity contribution is 6.33. The van der Waals surface area contributed by atoms with E-state index >= 15 is 0 Å². The van der Waals surface area contributed by atoms with E-state index in [2.05, 4.69) is 4.98 Å². The van der Waals surface area contributed by atoms with Crippen LogP contribution in [0.2, 0.25) is 5.02 Å². The van der Waals surface area contributed by atoms with Crippen LogP contribution in [0.1, 0.15) is 59.1 Å². The Hall–Kier alpha value is -3.32. The van der Waals surface area contributed by atoms with Gasteiger partial charge in [-0.3, -0.25) is 0 Å². The van der Waals surface area contributed by atoms with Crippen LogP contribution < -0.4 is 4.74 Å². The van der Waals surface area contributed by atoms with Crippen molar-refractivity contribution in [1.29, 1.82) is 0 Å². The third-order valence-electron chi connectivity index (χ3n) is 5.71. The van der Waals surface area contributed by atoms with Gasteiger partial charge in [0.1, 0.15) is 12.4 Å². The molecule has 0 fully saturated rings. The third-order valence-corrected chi connectivity index (χ3v) is 6.02. The molecule has 0 radical (unpaired) electrons. The molecule has 4 nitrogen and oxygen atoms in total. The van der Waals surface area contributed by atoms with E-state index in [1.54, 1.807) is 19.1 Å². The standard InChI is InChI=1S/C27H23ClF3NO3/c1-2-34-26(33)25-22(28)12-13-23(32-25)20-10-6-9-19(20)21-15-18(27(29,30)31)11-14-24(21)35-16-17-7-4-3-5-8-17/h3-5,7-8,11-15H,2,6,9-10,16H2,1H3. The number of benzene rings is 2. The van der Waals surface area contributed by atoms with Crippen LogP contribution in [0.5, 0.6) is 5.75 Å². The molecule has 3 aromatic rings. The average Bonchev–Trinajstić information content (AvgIpc) is 3.33. The van der Waals surface area contributed by atoms with E-state index < -0.39 is 17.7 Å². The number of aromatic nitrogens is 1. The lowest BCUT2D eigenvalue weighted by atomic mass is 9.96. The minimum Gasteiger partial charge on any atom is -0.488 e. The molecule has 0 spiro atoms. The van der Waals surface area contributed by atoms with Gasteiger partial charge in [-0.25, -0.2) is 9.78 Å². The zero-order chi connectivity index (χ0) is 25.0. The van der Waals surface area contributed by atoms with Gasteiger partial charge in [0.15, 0.2) is 5.69 Å². The van der Waals surface area contributed by atoms with Crippen molar-refractivity contribution in [2.24, 2.45) is 0 Å². The Morgan fingerprint density at radius 3 is 2.49 bits per heavy atom. The van der Waals surface area contributed by atoms with Crippen molar-refractivity contribution in [3.8, 4) is 5.75 Å². The van der Waals surface area contributed by atoms with Gasteiger partial charge in [-0.1, -0.05) is 41.9 Å². The smallest absolute Gasteiger partial charge is 0.416 e. The Kier molecular flexibility index (Phi) is 7.45. The number of allylic oxidation sites excluding steroid dienone is 2. The maximum Gasteiger partial charge on any atom is 0.416 e. The molecule has 0 N–H and O–H groups in total. The van der Waals surface area contributed by atoms with E-state index in [4.69, 9.17) is 21.1 Å². The molecule has 1 heterocycles. The molecular formula is C27H23ClF3NO3. The Balaban J connectivity index is 1.79. The van der Waals surface area contributed by atoms with Crippen molar-refractivity contribution in [3.63, 3.8) is 0 Å². The Morgan fingerprint density at radius 1 is 1.03 bits per heavy atom. The first-order valence-corrected chi connectivity index (χ1v) is 11.6. The van der Waals surface area contributed by atoms with E-state index in [-0.39, 0.29) is 23.9 Å². The molecule has 182 valence electrons. The molecule has 0 amide bonds. The lowest BCUT2D eigenvalue weighted by molar-refractivity contribution is -0.137. The summed E-state index contributed by atoms with van der Waals surface area (Å²) in [5, 5.41) is 0.151. The first-order chi connectivity index (χ1) is 16.8. The van der Waals surface area contributed by atoms with Gasteiger partial charge in [0.05, 0.1) is 22.9 Å². The molecule has 0 saturated heterocycles.